The van der Waals surface area contributed by atoms with Gasteiger partial charge in [-0.25, -0.2) is 0 Å². The third kappa shape index (κ3) is 3.20. The summed E-state index contributed by atoms with van der Waals surface area (Å²) in [6.07, 6.45) is 5.07. The van der Waals surface area contributed by atoms with Gasteiger partial charge >= 0.3 is 5.97 Å². The molecule has 0 aliphatic heterocycles. The lowest BCUT2D eigenvalue weighted by Gasteiger charge is -2.20. The molecule has 0 radical (unpaired) electrons. The maximum absolute atomic E-state index is 10.7. The Hall–Kier alpha value is -1.06. The van der Waals surface area contributed by atoms with Crippen molar-refractivity contribution in [2.45, 2.75) is 38.1 Å². The molecule has 2 rings (SSSR count). The van der Waals surface area contributed by atoms with Crippen LogP contribution in [0.5, 0.6) is 0 Å². The van der Waals surface area contributed by atoms with Gasteiger partial charge in [-0.1, -0.05) is 18.2 Å². The van der Waals surface area contributed by atoms with Crippen LogP contribution >= 0.6 is 12.4 Å². The van der Waals surface area contributed by atoms with Crippen LogP contribution in [0.4, 0.5) is 0 Å². The fourth-order valence-corrected chi connectivity index (χ4v) is 2.38. The molecule has 0 saturated carbocycles. The molecule has 1 aromatic carbocycles. The maximum atomic E-state index is 10.7. The standard InChI is InChI=1S/C13H17NO2.ClH/c14-12(13(15)16)8-10-6-3-5-9-4-1-2-7-11(9)10;/h3,5-6,12H,1-2,4,7-8,14H2,(H,15,16);1H. The fraction of sp³-hybridized carbons (Fsp3) is 0.462. The van der Waals surface area contributed by atoms with Crippen molar-refractivity contribution in [3.05, 3.63) is 34.9 Å². The lowest BCUT2D eigenvalue weighted by Crippen LogP contribution is -2.32. The zero-order valence-corrected chi connectivity index (χ0v) is 10.5. The van der Waals surface area contributed by atoms with Crippen molar-refractivity contribution in [2.24, 2.45) is 5.73 Å². The number of nitrogens with two attached hydrogens (primary N) is 1. The second-order valence-corrected chi connectivity index (χ2v) is 4.41. The number of rotatable bonds is 3. The Morgan fingerprint density at radius 1 is 1.35 bits per heavy atom. The average Bonchev–Trinajstić information content (AvgIpc) is 2.29. The van der Waals surface area contributed by atoms with Gasteiger partial charge in [0.2, 0.25) is 0 Å². The number of aryl methyl sites for hydroxylation is 1. The SMILES string of the molecule is Cl.NC(Cc1cccc2c1CCCC2)C(=O)O. The first-order valence-electron chi connectivity index (χ1n) is 5.76. The molecule has 1 aliphatic carbocycles. The highest BCUT2D eigenvalue weighted by molar-refractivity contribution is 5.85. The lowest BCUT2D eigenvalue weighted by molar-refractivity contribution is -0.138. The molecular formula is C13H18ClNO2. The predicted octanol–water partition coefficient (Wildman–Crippen LogP) is 1.94. The Bertz CT molecular complexity index is 406. The summed E-state index contributed by atoms with van der Waals surface area (Å²) in [7, 11) is 0. The summed E-state index contributed by atoms with van der Waals surface area (Å²) in [5.74, 6) is -0.923. The van der Waals surface area contributed by atoms with Gasteiger partial charge in [-0.15, -0.1) is 12.4 Å². The molecule has 3 nitrogen and oxygen atoms in total. The van der Waals surface area contributed by atoms with Gasteiger partial charge in [-0.2, -0.15) is 0 Å². The van der Waals surface area contributed by atoms with Crippen molar-refractivity contribution in [1.29, 1.82) is 0 Å². The van der Waals surface area contributed by atoms with Gasteiger partial charge in [0.15, 0.2) is 0 Å². The van der Waals surface area contributed by atoms with Crippen LogP contribution in [0, 0.1) is 0 Å². The minimum Gasteiger partial charge on any atom is -0.480 e. The van der Waals surface area contributed by atoms with E-state index in [1.807, 2.05) is 12.1 Å². The normalized spacial score (nSPS) is 15.6. The number of fused-ring (bicyclic) bond motifs is 1. The molecule has 94 valence electrons. The van der Waals surface area contributed by atoms with Gasteiger partial charge < -0.3 is 10.8 Å². The molecule has 4 heteroatoms. The summed E-state index contributed by atoms with van der Waals surface area (Å²) < 4.78 is 0. The first-order chi connectivity index (χ1) is 7.68. The van der Waals surface area contributed by atoms with Crippen LogP contribution < -0.4 is 5.73 Å². The summed E-state index contributed by atoms with van der Waals surface area (Å²) in [6.45, 7) is 0. The first-order valence-corrected chi connectivity index (χ1v) is 5.76. The summed E-state index contributed by atoms with van der Waals surface area (Å²) in [4.78, 5) is 10.7. The van der Waals surface area contributed by atoms with Crippen molar-refractivity contribution in [3.8, 4) is 0 Å². The van der Waals surface area contributed by atoms with Gasteiger partial charge in [0.1, 0.15) is 6.04 Å². The third-order valence-corrected chi connectivity index (χ3v) is 3.25. The topological polar surface area (TPSA) is 63.3 Å². The van der Waals surface area contributed by atoms with E-state index in [1.54, 1.807) is 0 Å². The largest absolute Gasteiger partial charge is 0.480 e. The second kappa shape index (κ2) is 6.03. The van der Waals surface area contributed by atoms with Gasteiger partial charge in [0.05, 0.1) is 0 Å². The highest BCUT2D eigenvalue weighted by atomic mass is 35.5. The molecule has 0 fully saturated rings. The molecule has 1 aliphatic rings. The molecular weight excluding hydrogens is 238 g/mol. The lowest BCUT2D eigenvalue weighted by atomic mass is 9.86. The number of benzene rings is 1. The van der Waals surface area contributed by atoms with Crippen LogP contribution in [0.2, 0.25) is 0 Å². The minimum atomic E-state index is -0.923. The molecule has 3 N–H and O–H groups in total. The monoisotopic (exact) mass is 255 g/mol. The number of carbonyl (C=O) groups is 1. The maximum Gasteiger partial charge on any atom is 0.320 e. The van der Waals surface area contributed by atoms with Gasteiger partial charge in [-0.3, -0.25) is 4.79 Å². The van der Waals surface area contributed by atoms with E-state index in [2.05, 4.69) is 6.07 Å². The molecule has 0 spiro atoms. The zero-order valence-electron chi connectivity index (χ0n) is 9.69. The van der Waals surface area contributed by atoms with Crippen molar-refractivity contribution in [3.63, 3.8) is 0 Å². The number of aliphatic carboxylic acids is 1. The Morgan fingerprint density at radius 2 is 2.06 bits per heavy atom. The number of halogens is 1. The highest BCUT2D eigenvalue weighted by Crippen LogP contribution is 2.25. The van der Waals surface area contributed by atoms with Crippen molar-refractivity contribution >= 4 is 18.4 Å². The van der Waals surface area contributed by atoms with Crippen molar-refractivity contribution in [2.75, 3.05) is 0 Å². The molecule has 17 heavy (non-hydrogen) atoms. The molecule has 1 unspecified atom stereocenters. The van der Waals surface area contributed by atoms with Crippen molar-refractivity contribution in [1.82, 2.24) is 0 Å². The molecule has 0 aromatic heterocycles. The number of hydrogen-bond donors (Lipinski definition) is 2. The minimum absolute atomic E-state index is 0. The molecule has 0 heterocycles. The number of hydrogen-bond acceptors (Lipinski definition) is 2. The number of carboxylic acid groups (broad SMARTS) is 1. The summed E-state index contributed by atoms with van der Waals surface area (Å²) >= 11 is 0. The van der Waals surface area contributed by atoms with E-state index in [1.165, 1.54) is 24.0 Å². The summed E-state index contributed by atoms with van der Waals surface area (Å²) in [6, 6.07) is 5.37. The van der Waals surface area contributed by atoms with Crippen LogP contribution in [0.25, 0.3) is 0 Å². The fourth-order valence-electron chi connectivity index (χ4n) is 2.38. The van der Waals surface area contributed by atoms with E-state index in [4.69, 9.17) is 10.8 Å². The Kier molecular flexibility index (Phi) is 4.97. The summed E-state index contributed by atoms with van der Waals surface area (Å²) in [5, 5.41) is 8.82. The first kappa shape index (κ1) is 14.0. The van der Waals surface area contributed by atoms with Crippen LogP contribution in [0.1, 0.15) is 29.5 Å². The smallest absolute Gasteiger partial charge is 0.320 e. The van der Waals surface area contributed by atoms with Gasteiger partial charge in [-0.05, 0) is 48.8 Å². The summed E-state index contributed by atoms with van der Waals surface area (Å²) in [5.41, 5.74) is 9.41. The van der Waals surface area contributed by atoms with Gasteiger partial charge in [0.25, 0.3) is 0 Å². The number of carboxylic acids is 1. The van der Waals surface area contributed by atoms with Gasteiger partial charge in [0, 0.05) is 0 Å². The van der Waals surface area contributed by atoms with E-state index in [0.29, 0.717) is 6.42 Å². The quantitative estimate of drug-likeness (QED) is 0.868. The average molecular weight is 256 g/mol. The van der Waals surface area contributed by atoms with E-state index >= 15 is 0 Å². The third-order valence-electron chi connectivity index (χ3n) is 3.25. The Morgan fingerprint density at radius 3 is 2.76 bits per heavy atom. The van der Waals surface area contributed by atoms with E-state index < -0.39 is 12.0 Å². The van der Waals surface area contributed by atoms with Crippen LogP contribution in [-0.4, -0.2) is 17.1 Å². The van der Waals surface area contributed by atoms with E-state index in [0.717, 1.165) is 18.4 Å². The van der Waals surface area contributed by atoms with Crippen molar-refractivity contribution < 1.29 is 9.90 Å². The Labute approximate surface area is 107 Å². The van der Waals surface area contributed by atoms with Crippen LogP contribution in [0.3, 0.4) is 0 Å². The molecule has 0 bridgehead atoms. The highest BCUT2D eigenvalue weighted by Gasteiger charge is 2.17. The molecule has 1 aromatic rings. The van der Waals surface area contributed by atoms with Crippen LogP contribution in [-0.2, 0) is 24.1 Å². The predicted molar refractivity (Wildman–Crippen MR) is 69.6 cm³/mol. The van der Waals surface area contributed by atoms with Crippen LogP contribution in [0.15, 0.2) is 18.2 Å². The zero-order chi connectivity index (χ0) is 11.5. The second-order valence-electron chi connectivity index (χ2n) is 4.41. The van der Waals surface area contributed by atoms with E-state index in [9.17, 15) is 4.79 Å². The molecule has 0 amide bonds. The Balaban J connectivity index is 0.00000144. The molecule has 1 atom stereocenters. The molecule has 0 saturated heterocycles. The van der Waals surface area contributed by atoms with E-state index in [-0.39, 0.29) is 12.4 Å².